The molecule has 0 amide bonds. The summed E-state index contributed by atoms with van der Waals surface area (Å²) in [6, 6.07) is 9.13. The van der Waals surface area contributed by atoms with E-state index in [0.717, 1.165) is 18.7 Å². The van der Waals surface area contributed by atoms with E-state index in [9.17, 15) is 9.65 Å². The van der Waals surface area contributed by atoms with E-state index in [0.29, 0.717) is 17.9 Å². The number of nitrogens with one attached hydrogen (secondary N) is 1. The predicted octanol–water partition coefficient (Wildman–Crippen LogP) is 2.02. The maximum atomic E-state index is 13.5. The van der Waals surface area contributed by atoms with Gasteiger partial charge in [0.05, 0.1) is 1.37 Å². The van der Waals surface area contributed by atoms with E-state index in [4.69, 9.17) is 13.0 Å². The number of fused-ring (bicyclic) bond motifs is 2. The molecule has 1 aromatic rings. The van der Waals surface area contributed by atoms with Gasteiger partial charge in [0.2, 0.25) is 0 Å². The van der Waals surface area contributed by atoms with Crippen molar-refractivity contribution in [2.45, 2.75) is 24.1 Å². The molecule has 2 fully saturated rings. The average Bonchev–Trinajstić information content (AvgIpc) is 3.14. The van der Waals surface area contributed by atoms with Crippen LogP contribution in [0.5, 0.6) is 0 Å². The molecule has 3 aliphatic heterocycles. The molecule has 7 heteroatoms. The van der Waals surface area contributed by atoms with Crippen LogP contribution in [0.3, 0.4) is 0 Å². The van der Waals surface area contributed by atoms with Crippen molar-refractivity contribution in [3.8, 4) is 6.07 Å². The van der Waals surface area contributed by atoms with Crippen LogP contribution < -0.4 is 10.2 Å². The second-order valence-electron chi connectivity index (χ2n) is 5.88. The van der Waals surface area contributed by atoms with Crippen LogP contribution in [0.25, 0.3) is 0 Å². The first kappa shape index (κ1) is 13.2. The monoisotopic (exact) mass is 332 g/mol. The Hall–Kier alpha value is -2.26. The molecule has 3 aliphatic rings. The summed E-state index contributed by atoms with van der Waals surface area (Å²) in [6.45, 7) is 1.43. The fourth-order valence-electron chi connectivity index (χ4n) is 3.60. The van der Waals surface area contributed by atoms with Crippen molar-refractivity contribution in [3.05, 3.63) is 41.5 Å². The standard InChI is InChI=1S/C16H15ClFN5/c17-16-20-7-10(6-19)15(21-16)23-9-13-5-14(23)8-22(13)12-3-1-2-11(18)4-12/h1-4,7,13-14,16,21H,5,8-9H2/t13-,14-,16?/m0/s1/i16D. The van der Waals surface area contributed by atoms with E-state index >= 15 is 0 Å². The molecular weight excluding hydrogens is 317 g/mol. The fourth-order valence-corrected chi connectivity index (χ4v) is 3.74. The lowest BCUT2D eigenvalue weighted by atomic mass is 10.2. The van der Waals surface area contributed by atoms with Gasteiger partial charge >= 0.3 is 0 Å². The summed E-state index contributed by atoms with van der Waals surface area (Å²) in [5, 5.41) is 12.1. The van der Waals surface area contributed by atoms with Gasteiger partial charge in [0.1, 0.15) is 23.3 Å². The number of benzene rings is 1. The Labute approximate surface area is 140 Å². The summed E-state index contributed by atoms with van der Waals surface area (Å²) in [4.78, 5) is 8.08. The molecule has 4 rings (SSSR count). The van der Waals surface area contributed by atoms with Crippen molar-refractivity contribution in [2.24, 2.45) is 4.99 Å². The molecule has 1 N–H and O–H groups in total. The third-order valence-electron chi connectivity index (χ3n) is 4.57. The molecular formula is C16H15ClFN5. The van der Waals surface area contributed by atoms with Crippen LogP contribution in [0.2, 0.25) is 0 Å². The van der Waals surface area contributed by atoms with Gasteiger partial charge in [0.25, 0.3) is 0 Å². The Balaban J connectivity index is 1.57. The number of piperazine rings is 1. The lowest BCUT2D eigenvalue weighted by Crippen LogP contribution is -2.50. The molecule has 3 heterocycles. The van der Waals surface area contributed by atoms with Crippen LogP contribution in [0.4, 0.5) is 10.1 Å². The largest absolute Gasteiger partial charge is 0.365 e. The first-order valence-electron chi connectivity index (χ1n) is 7.92. The molecule has 1 aromatic carbocycles. The Bertz CT molecular complexity index is 787. The molecule has 0 aliphatic carbocycles. The van der Waals surface area contributed by atoms with Crippen molar-refractivity contribution < 1.29 is 5.76 Å². The summed E-state index contributed by atoms with van der Waals surface area (Å²) in [6.07, 6.45) is 2.27. The minimum atomic E-state index is -1.68. The van der Waals surface area contributed by atoms with Gasteiger partial charge in [-0.05, 0) is 24.6 Å². The van der Waals surface area contributed by atoms with Gasteiger partial charge in [-0.3, -0.25) is 4.99 Å². The maximum Gasteiger partial charge on any atom is 0.196 e. The van der Waals surface area contributed by atoms with Crippen LogP contribution in [-0.2, 0) is 0 Å². The number of anilines is 1. The zero-order valence-electron chi connectivity index (χ0n) is 13.2. The van der Waals surface area contributed by atoms with Crippen LogP contribution in [0.1, 0.15) is 7.79 Å². The normalized spacial score (nSPS) is 32.8. The lowest BCUT2D eigenvalue weighted by molar-refractivity contribution is 0.277. The van der Waals surface area contributed by atoms with Gasteiger partial charge in [-0.1, -0.05) is 17.7 Å². The lowest BCUT2D eigenvalue weighted by Gasteiger charge is -2.39. The van der Waals surface area contributed by atoms with Gasteiger partial charge in [0, 0.05) is 37.1 Å². The van der Waals surface area contributed by atoms with Crippen molar-refractivity contribution in [2.75, 3.05) is 18.0 Å². The van der Waals surface area contributed by atoms with E-state index in [2.05, 4.69) is 26.2 Å². The maximum absolute atomic E-state index is 13.5. The zero-order chi connectivity index (χ0) is 16.9. The van der Waals surface area contributed by atoms with E-state index in [1.54, 1.807) is 12.1 Å². The summed E-state index contributed by atoms with van der Waals surface area (Å²) in [5.41, 5.74) is -0.426. The van der Waals surface area contributed by atoms with Crippen molar-refractivity contribution >= 4 is 23.5 Å². The Morgan fingerprint density at radius 2 is 2.17 bits per heavy atom. The highest BCUT2D eigenvalue weighted by Crippen LogP contribution is 2.37. The topological polar surface area (TPSA) is 54.7 Å². The summed E-state index contributed by atoms with van der Waals surface area (Å²) in [7, 11) is 0. The minimum Gasteiger partial charge on any atom is -0.365 e. The Kier molecular flexibility index (Phi) is 3.12. The number of rotatable bonds is 2. The summed E-state index contributed by atoms with van der Waals surface area (Å²) >= 11 is 5.95. The molecule has 0 saturated carbocycles. The van der Waals surface area contributed by atoms with E-state index in [1.807, 2.05) is 6.07 Å². The first-order chi connectivity index (χ1) is 11.5. The minimum absolute atomic E-state index is 0.183. The highest BCUT2D eigenvalue weighted by atomic mass is 35.5. The van der Waals surface area contributed by atoms with Gasteiger partial charge in [-0.2, -0.15) is 5.26 Å². The van der Waals surface area contributed by atoms with E-state index in [-0.39, 0.29) is 17.9 Å². The van der Waals surface area contributed by atoms with Crippen molar-refractivity contribution in [1.29, 1.82) is 5.26 Å². The Morgan fingerprint density at radius 1 is 1.39 bits per heavy atom. The molecule has 2 saturated heterocycles. The quantitative estimate of drug-likeness (QED) is 0.665. The molecule has 3 atom stereocenters. The fraction of sp³-hybridized carbons (Fsp3) is 0.375. The van der Waals surface area contributed by atoms with Gasteiger partial charge in [0.15, 0.2) is 5.60 Å². The van der Waals surface area contributed by atoms with Gasteiger partial charge in [-0.25, -0.2) is 4.39 Å². The van der Waals surface area contributed by atoms with Crippen molar-refractivity contribution in [1.82, 2.24) is 10.2 Å². The molecule has 0 spiro atoms. The number of halogens is 2. The highest BCUT2D eigenvalue weighted by Gasteiger charge is 2.45. The van der Waals surface area contributed by atoms with Crippen LogP contribution in [0, 0.1) is 17.1 Å². The second-order valence-corrected chi connectivity index (χ2v) is 6.23. The molecule has 1 unspecified atom stereocenters. The number of nitriles is 1. The van der Waals surface area contributed by atoms with Crippen LogP contribution >= 0.6 is 11.6 Å². The number of nitrogens with zero attached hydrogens (tertiary/aromatic N) is 4. The average molecular weight is 333 g/mol. The predicted molar refractivity (Wildman–Crippen MR) is 86.6 cm³/mol. The number of hydrogen-bond donors (Lipinski definition) is 1. The van der Waals surface area contributed by atoms with Gasteiger partial charge in [-0.15, -0.1) is 0 Å². The molecule has 5 nitrogen and oxygen atoms in total. The molecule has 23 heavy (non-hydrogen) atoms. The van der Waals surface area contributed by atoms with Crippen LogP contribution in [-0.4, -0.2) is 41.9 Å². The van der Waals surface area contributed by atoms with Gasteiger partial charge < -0.3 is 15.1 Å². The number of allylic oxidation sites excluding steroid dienone is 1. The number of aliphatic imine (C=N–C) groups is 1. The molecule has 2 bridgehead atoms. The number of hydrogen-bond acceptors (Lipinski definition) is 5. The molecule has 118 valence electrons. The summed E-state index contributed by atoms with van der Waals surface area (Å²) < 4.78 is 21.3. The zero-order valence-corrected chi connectivity index (χ0v) is 13.0. The SMILES string of the molecule is [2H]C1(Cl)N=CC(C#N)=C(N2C[C@@H]3C[C@H]2CN3c2cccc(F)c2)N1. The molecule has 0 radical (unpaired) electrons. The highest BCUT2D eigenvalue weighted by molar-refractivity contribution is 6.21. The van der Waals surface area contributed by atoms with Crippen molar-refractivity contribution in [3.63, 3.8) is 0 Å². The van der Waals surface area contributed by atoms with Crippen LogP contribution in [0.15, 0.2) is 40.7 Å². The first-order valence-corrected chi connectivity index (χ1v) is 7.80. The number of likely N-dealkylation sites (tertiary alicyclic amines) is 1. The van der Waals surface area contributed by atoms with E-state index < -0.39 is 5.60 Å². The second kappa shape index (κ2) is 5.43. The summed E-state index contributed by atoms with van der Waals surface area (Å²) in [5.74, 6) is 0.316. The smallest absolute Gasteiger partial charge is 0.196 e. The third-order valence-corrected chi connectivity index (χ3v) is 4.76. The molecule has 0 aromatic heterocycles. The van der Waals surface area contributed by atoms with E-state index in [1.165, 1.54) is 12.3 Å². The Morgan fingerprint density at radius 3 is 2.87 bits per heavy atom. The third kappa shape index (κ3) is 2.41. The number of alkyl halides is 1.